The number of aryl methyl sites for hydroxylation is 2. The molecule has 120 valence electrons. The fourth-order valence-electron chi connectivity index (χ4n) is 2.21. The van der Waals surface area contributed by atoms with Crippen molar-refractivity contribution >= 4 is 11.5 Å². The highest BCUT2D eigenvalue weighted by molar-refractivity contribution is 5.68. The molecule has 2 rings (SSSR count). The standard InChI is InChI=1S/C17H27N5/c1-6-17(3,4)12-20-16-15(13(2)21-22(16)5)19-11-14-7-9-18-10-8-14/h7-10,19-20H,6,11-12H2,1-5H3. The maximum Gasteiger partial charge on any atom is 0.148 e. The van der Waals surface area contributed by atoms with E-state index in [1.165, 1.54) is 5.56 Å². The summed E-state index contributed by atoms with van der Waals surface area (Å²) in [6.45, 7) is 10.5. The second kappa shape index (κ2) is 6.81. The summed E-state index contributed by atoms with van der Waals surface area (Å²) in [6.07, 6.45) is 4.77. The van der Waals surface area contributed by atoms with E-state index in [4.69, 9.17) is 0 Å². The van der Waals surface area contributed by atoms with Crippen LogP contribution in [0.2, 0.25) is 0 Å². The van der Waals surface area contributed by atoms with Gasteiger partial charge < -0.3 is 10.6 Å². The maximum atomic E-state index is 4.53. The van der Waals surface area contributed by atoms with Crippen LogP contribution in [0, 0.1) is 12.3 Å². The van der Waals surface area contributed by atoms with Gasteiger partial charge in [0.05, 0.1) is 5.69 Å². The summed E-state index contributed by atoms with van der Waals surface area (Å²) < 4.78 is 1.91. The topological polar surface area (TPSA) is 54.8 Å². The molecule has 0 aliphatic rings. The molecule has 0 spiro atoms. The zero-order valence-electron chi connectivity index (χ0n) is 14.3. The van der Waals surface area contributed by atoms with Crippen molar-refractivity contribution in [3.63, 3.8) is 0 Å². The van der Waals surface area contributed by atoms with Crippen LogP contribution in [-0.2, 0) is 13.6 Å². The first kappa shape index (κ1) is 16.3. The van der Waals surface area contributed by atoms with Crippen LogP contribution in [0.3, 0.4) is 0 Å². The van der Waals surface area contributed by atoms with Gasteiger partial charge in [0, 0.05) is 32.5 Å². The van der Waals surface area contributed by atoms with E-state index < -0.39 is 0 Å². The Morgan fingerprint density at radius 2 is 1.86 bits per heavy atom. The van der Waals surface area contributed by atoms with Crippen LogP contribution in [-0.4, -0.2) is 21.3 Å². The highest BCUT2D eigenvalue weighted by Crippen LogP contribution is 2.28. The molecular formula is C17H27N5. The molecule has 0 saturated heterocycles. The Morgan fingerprint density at radius 1 is 1.18 bits per heavy atom. The van der Waals surface area contributed by atoms with E-state index in [-0.39, 0.29) is 5.41 Å². The zero-order valence-corrected chi connectivity index (χ0v) is 14.3. The molecule has 5 nitrogen and oxygen atoms in total. The van der Waals surface area contributed by atoms with E-state index in [2.05, 4.69) is 41.5 Å². The molecule has 0 atom stereocenters. The van der Waals surface area contributed by atoms with Crippen LogP contribution in [0.25, 0.3) is 0 Å². The first-order valence-corrected chi connectivity index (χ1v) is 7.83. The molecule has 2 N–H and O–H groups in total. The van der Waals surface area contributed by atoms with Gasteiger partial charge in [-0.1, -0.05) is 20.8 Å². The van der Waals surface area contributed by atoms with Crippen molar-refractivity contribution < 1.29 is 0 Å². The van der Waals surface area contributed by atoms with Crippen LogP contribution in [0.1, 0.15) is 38.4 Å². The highest BCUT2D eigenvalue weighted by atomic mass is 15.3. The van der Waals surface area contributed by atoms with E-state index in [0.717, 1.165) is 36.7 Å². The SMILES string of the molecule is CCC(C)(C)CNc1c(NCc2ccncc2)c(C)nn1C. The molecule has 0 aliphatic carbocycles. The average molecular weight is 301 g/mol. The molecule has 0 saturated carbocycles. The van der Waals surface area contributed by atoms with E-state index >= 15 is 0 Å². The lowest BCUT2D eigenvalue weighted by Crippen LogP contribution is -2.23. The highest BCUT2D eigenvalue weighted by Gasteiger charge is 2.18. The minimum atomic E-state index is 0.264. The van der Waals surface area contributed by atoms with Crippen LogP contribution in [0.15, 0.2) is 24.5 Å². The molecule has 2 aromatic heterocycles. The first-order valence-electron chi connectivity index (χ1n) is 7.83. The minimum Gasteiger partial charge on any atom is -0.376 e. The lowest BCUT2D eigenvalue weighted by atomic mass is 9.90. The molecule has 0 radical (unpaired) electrons. The summed E-state index contributed by atoms with van der Waals surface area (Å²) in [4.78, 5) is 4.05. The first-order chi connectivity index (χ1) is 10.4. The lowest BCUT2D eigenvalue weighted by molar-refractivity contribution is 0.376. The molecule has 0 amide bonds. The average Bonchev–Trinajstić information content (AvgIpc) is 2.77. The largest absolute Gasteiger partial charge is 0.376 e. The van der Waals surface area contributed by atoms with E-state index in [9.17, 15) is 0 Å². The van der Waals surface area contributed by atoms with Gasteiger partial charge in [0.25, 0.3) is 0 Å². The Kier molecular flexibility index (Phi) is 5.06. The van der Waals surface area contributed by atoms with Crippen molar-refractivity contribution in [2.24, 2.45) is 12.5 Å². The van der Waals surface area contributed by atoms with Crippen molar-refractivity contribution in [3.8, 4) is 0 Å². The monoisotopic (exact) mass is 301 g/mol. The van der Waals surface area contributed by atoms with Crippen molar-refractivity contribution in [2.75, 3.05) is 17.2 Å². The van der Waals surface area contributed by atoms with Crippen molar-refractivity contribution in [1.82, 2.24) is 14.8 Å². The number of aromatic nitrogens is 3. The third-order valence-corrected chi connectivity index (χ3v) is 4.13. The molecular weight excluding hydrogens is 274 g/mol. The minimum absolute atomic E-state index is 0.264. The fourth-order valence-corrected chi connectivity index (χ4v) is 2.21. The number of rotatable bonds is 7. The third-order valence-electron chi connectivity index (χ3n) is 4.13. The third kappa shape index (κ3) is 4.00. The van der Waals surface area contributed by atoms with Gasteiger partial charge >= 0.3 is 0 Å². The molecule has 2 heterocycles. The number of anilines is 2. The normalized spacial score (nSPS) is 11.5. The Balaban J connectivity index is 2.10. The summed E-state index contributed by atoms with van der Waals surface area (Å²) in [5.74, 6) is 1.05. The zero-order chi connectivity index (χ0) is 16.2. The van der Waals surface area contributed by atoms with Gasteiger partial charge in [-0.2, -0.15) is 5.10 Å². The van der Waals surface area contributed by atoms with Gasteiger partial charge in [-0.25, -0.2) is 0 Å². The van der Waals surface area contributed by atoms with E-state index in [1.807, 2.05) is 43.2 Å². The van der Waals surface area contributed by atoms with Crippen LogP contribution in [0.5, 0.6) is 0 Å². The summed E-state index contributed by atoms with van der Waals surface area (Å²) in [7, 11) is 1.98. The molecule has 0 unspecified atom stereocenters. The Morgan fingerprint density at radius 3 is 2.50 bits per heavy atom. The van der Waals surface area contributed by atoms with Gasteiger partial charge in [-0.05, 0) is 36.5 Å². The van der Waals surface area contributed by atoms with Gasteiger partial charge in [0.15, 0.2) is 0 Å². The van der Waals surface area contributed by atoms with Gasteiger partial charge in [-0.3, -0.25) is 9.67 Å². The Bertz CT molecular complexity index is 601. The molecule has 2 aromatic rings. The van der Waals surface area contributed by atoms with Crippen LogP contribution in [0.4, 0.5) is 11.5 Å². The second-order valence-electron chi connectivity index (χ2n) is 6.51. The van der Waals surface area contributed by atoms with Crippen molar-refractivity contribution in [3.05, 3.63) is 35.8 Å². The van der Waals surface area contributed by atoms with E-state index in [0.29, 0.717) is 0 Å². The lowest BCUT2D eigenvalue weighted by Gasteiger charge is -2.24. The number of hydrogen-bond donors (Lipinski definition) is 2. The smallest absolute Gasteiger partial charge is 0.148 e. The van der Waals surface area contributed by atoms with Crippen molar-refractivity contribution in [1.29, 1.82) is 0 Å². The van der Waals surface area contributed by atoms with Gasteiger partial charge in [0.2, 0.25) is 0 Å². The van der Waals surface area contributed by atoms with Crippen LogP contribution >= 0.6 is 0 Å². The van der Waals surface area contributed by atoms with Gasteiger partial charge in [-0.15, -0.1) is 0 Å². The molecule has 0 fully saturated rings. The van der Waals surface area contributed by atoms with Crippen molar-refractivity contribution in [2.45, 2.75) is 40.7 Å². The second-order valence-corrected chi connectivity index (χ2v) is 6.51. The summed E-state index contributed by atoms with van der Waals surface area (Å²) >= 11 is 0. The van der Waals surface area contributed by atoms with E-state index in [1.54, 1.807) is 0 Å². The summed E-state index contributed by atoms with van der Waals surface area (Å²) in [5.41, 5.74) is 3.55. The Labute approximate surface area is 133 Å². The summed E-state index contributed by atoms with van der Waals surface area (Å²) in [5, 5.41) is 11.6. The van der Waals surface area contributed by atoms with Gasteiger partial charge in [0.1, 0.15) is 11.5 Å². The summed E-state index contributed by atoms with van der Waals surface area (Å²) in [6, 6.07) is 4.04. The number of hydrogen-bond acceptors (Lipinski definition) is 4. The molecule has 0 aromatic carbocycles. The number of pyridine rings is 1. The molecule has 22 heavy (non-hydrogen) atoms. The number of nitrogens with zero attached hydrogens (tertiary/aromatic N) is 3. The molecule has 0 aliphatic heterocycles. The van der Waals surface area contributed by atoms with Crippen LogP contribution < -0.4 is 10.6 Å². The maximum absolute atomic E-state index is 4.53. The predicted molar refractivity (Wildman–Crippen MR) is 92.1 cm³/mol. The predicted octanol–water partition coefficient (Wildman–Crippen LogP) is 3.58. The molecule has 0 bridgehead atoms. The number of nitrogens with one attached hydrogen (secondary N) is 2. The Hall–Kier alpha value is -2.04. The quantitative estimate of drug-likeness (QED) is 0.820. The molecule has 5 heteroatoms. The fraction of sp³-hybridized carbons (Fsp3) is 0.529.